The summed E-state index contributed by atoms with van der Waals surface area (Å²) in [5, 5.41) is 6.52. The van der Waals surface area contributed by atoms with E-state index in [1.165, 1.54) is 11.0 Å². The average Bonchev–Trinajstić information content (AvgIpc) is 2.68. The molecule has 1 aromatic heterocycles. The van der Waals surface area contributed by atoms with Crippen LogP contribution in [0.4, 0.5) is 4.39 Å². The van der Waals surface area contributed by atoms with Crippen molar-refractivity contribution in [2.75, 3.05) is 0 Å². The summed E-state index contributed by atoms with van der Waals surface area (Å²) in [7, 11) is 1.68. The molecule has 1 amide bonds. The lowest BCUT2D eigenvalue weighted by Crippen LogP contribution is -2.43. The Bertz CT molecular complexity index is 379. The molecule has 88 valence electrons. The van der Waals surface area contributed by atoms with Crippen LogP contribution in [0.1, 0.15) is 36.3 Å². The van der Waals surface area contributed by atoms with Gasteiger partial charge in [0.1, 0.15) is 12.5 Å². The highest BCUT2D eigenvalue weighted by Crippen LogP contribution is 2.21. The quantitative estimate of drug-likeness (QED) is 0.812. The van der Waals surface area contributed by atoms with Gasteiger partial charge in [-0.05, 0) is 12.8 Å². The minimum Gasteiger partial charge on any atom is -0.344 e. The maximum absolute atomic E-state index is 13.5. The minimum atomic E-state index is -0.943. The van der Waals surface area contributed by atoms with Crippen molar-refractivity contribution in [1.29, 1.82) is 0 Å². The highest BCUT2D eigenvalue weighted by Gasteiger charge is 2.27. The Morgan fingerprint density at radius 2 is 2.31 bits per heavy atom. The maximum atomic E-state index is 13.5. The third-order valence-corrected chi connectivity index (χ3v) is 2.80. The topological polar surface area (TPSA) is 59.8 Å². The van der Waals surface area contributed by atoms with Crippen LogP contribution in [0.15, 0.2) is 6.33 Å². The van der Waals surface area contributed by atoms with Crippen molar-refractivity contribution in [2.45, 2.75) is 37.9 Å². The summed E-state index contributed by atoms with van der Waals surface area (Å²) in [4.78, 5) is 15.5. The molecule has 1 aromatic rings. The monoisotopic (exact) mass is 226 g/mol. The predicted molar refractivity (Wildman–Crippen MR) is 55.6 cm³/mol. The van der Waals surface area contributed by atoms with Crippen molar-refractivity contribution in [3.8, 4) is 0 Å². The fourth-order valence-corrected chi connectivity index (χ4v) is 1.92. The van der Waals surface area contributed by atoms with Gasteiger partial charge in [-0.1, -0.05) is 12.8 Å². The molecule has 2 atom stereocenters. The summed E-state index contributed by atoms with van der Waals surface area (Å²) in [5.41, 5.74) is 0. The molecular formula is C10H15FN4O. The van der Waals surface area contributed by atoms with Crippen LogP contribution in [0.3, 0.4) is 0 Å². The standard InChI is InChI=1S/C10H15FN4O/c1-15-6-12-9(14-15)10(16)13-8-5-3-2-4-7(8)11/h6-8H,2-5H2,1H3,(H,13,16)/t7-,8-/m1/s1. The summed E-state index contributed by atoms with van der Waals surface area (Å²) < 4.78 is 14.9. The fraction of sp³-hybridized carbons (Fsp3) is 0.700. The van der Waals surface area contributed by atoms with E-state index in [1.54, 1.807) is 7.05 Å². The molecule has 0 spiro atoms. The van der Waals surface area contributed by atoms with Crippen molar-refractivity contribution in [1.82, 2.24) is 20.1 Å². The summed E-state index contributed by atoms with van der Waals surface area (Å²) in [5.74, 6) is -0.296. The zero-order valence-electron chi connectivity index (χ0n) is 9.19. The van der Waals surface area contributed by atoms with E-state index in [2.05, 4.69) is 15.4 Å². The molecule has 0 aliphatic heterocycles. The molecule has 16 heavy (non-hydrogen) atoms. The highest BCUT2D eigenvalue weighted by atomic mass is 19.1. The van der Waals surface area contributed by atoms with Gasteiger partial charge in [0.2, 0.25) is 5.82 Å². The lowest BCUT2D eigenvalue weighted by atomic mass is 9.93. The van der Waals surface area contributed by atoms with Gasteiger partial charge in [-0.2, -0.15) is 0 Å². The second kappa shape index (κ2) is 4.59. The SMILES string of the molecule is Cn1cnc(C(=O)N[C@@H]2CCCC[C@H]2F)n1. The van der Waals surface area contributed by atoms with Crippen molar-refractivity contribution in [3.05, 3.63) is 12.2 Å². The third-order valence-electron chi connectivity index (χ3n) is 2.80. The van der Waals surface area contributed by atoms with E-state index < -0.39 is 12.1 Å². The number of hydrogen-bond acceptors (Lipinski definition) is 3. The molecule has 1 heterocycles. The van der Waals surface area contributed by atoms with Gasteiger partial charge in [0, 0.05) is 7.05 Å². The summed E-state index contributed by atoms with van der Waals surface area (Å²) in [6, 6.07) is -0.384. The van der Waals surface area contributed by atoms with Crippen molar-refractivity contribution in [2.24, 2.45) is 7.05 Å². The summed E-state index contributed by atoms with van der Waals surface area (Å²) in [6.07, 6.45) is 3.58. The van der Waals surface area contributed by atoms with E-state index in [-0.39, 0.29) is 11.9 Å². The lowest BCUT2D eigenvalue weighted by Gasteiger charge is -2.26. The number of carbonyl (C=O) groups excluding carboxylic acids is 1. The first-order valence-corrected chi connectivity index (χ1v) is 5.47. The van der Waals surface area contributed by atoms with E-state index in [0.717, 1.165) is 12.8 Å². The van der Waals surface area contributed by atoms with Crippen LogP contribution in [0.5, 0.6) is 0 Å². The van der Waals surface area contributed by atoms with Gasteiger partial charge in [0.25, 0.3) is 5.91 Å². The molecule has 1 aliphatic carbocycles. The Labute approximate surface area is 93.0 Å². The van der Waals surface area contributed by atoms with Crippen LogP contribution in [-0.2, 0) is 7.05 Å². The van der Waals surface area contributed by atoms with Crippen molar-refractivity contribution in [3.63, 3.8) is 0 Å². The zero-order chi connectivity index (χ0) is 11.5. The van der Waals surface area contributed by atoms with Gasteiger partial charge in [-0.3, -0.25) is 9.48 Å². The van der Waals surface area contributed by atoms with E-state index >= 15 is 0 Å². The van der Waals surface area contributed by atoms with E-state index in [0.29, 0.717) is 12.8 Å². The van der Waals surface area contributed by atoms with Crippen LogP contribution >= 0.6 is 0 Å². The van der Waals surface area contributed by atoms with Gasteiger partial charge in [0.05, 0.1) is 6.04 Å². The smallest absolute Gasteiger partial charge is 0.291 e. The molecular weight excluding hydrogens is 211 g/mol. The molecule has 0 bridgehead atoms. The van der Waals surface area contributed by atoms with Crippen molar-refractivity contribution >= 4 is 5.91 Å². The zero-order valence-corrected chi connectivity index (χ0v) is 9.19. The van der Waals surface area contributed by atoms with Crippen molar-refractivity contribution < 1.29 is 9.18 Å². The van der Waals surface area contributed by atoms with Crippen LogP contribution in [-0.4, -0.2) is 32.9 Å². The van der Waals surface area contributed by atoms with Crippen LogP contribution in [0, 0.1) is 0 Å². The number of halogens is 1. The molecule has 1 saturated carbocycles. The molecule has 0 saturated heterocycles. The number of amides is 1. The van der Waals surface area contributed by atoms with E-state index in [1.807, 2.05) is 0 Å². The molecule has 5 nitrogen and oxygen atoms in total. The maximum Gasteiger partial charge on any atom is 0.291 e. The van der Waals surface area contributed by atoms with Crippen LogP contribution < -0.4 is 5.32 Å². The van der Waals surface area contributed by atoms with Gasteiger partial charge >= 0.3 is 0 Å². The number of alkyl halides is 1. The Morgan fingerprint density at radius 3 is 2.94 bits per heavy atom. The Balaban J connectivity index is 1.96. The van der Waals surface area contributed by atoms with E-state index in [4.69, 9.17) is 0 Å². The highest BCUT2D eigenvalue weighted by molar-refractivity contribution is 5.90. The van der Waals surface area contributed by atoms with Gasteiger partial charge in [0.15, 0.2) is 0 Å². The Morgan fingerprint density at radius 1 is 1.56 bits per heavy atom. The number of rotatable bonds is 2. The number of hydrogen-bond donors (Lipinski definition) is 1. The summed E-state index contributed by atoms with van der Waals surface area (Å²) >= 11 is 0. The van der Waals surface area contributed by atoms with Crippen LogP contribution in [0.25, 0.3) is 0 Å². The number of nitrogens with zero attached hydrogens (tertiary/aromatic N) is 3. The van der Waals surface area contributed by atoms with Crippen LogP contribution in [0.2, 0.25) is 0 Å². The summed E-state index contributed by atoms with van der Waals surface area (Å²) in [6.45, 7) is 0. The lowest BCUT2D eigenvalue weighted by molar-refractivity contribution is 0.0873. The van der Waals surface area contributed by atoms with E-state index in [9.17, 15) is 9.18 Å². The molecule has 1 fully saturated rings. The second-order valence-corrected chi connectivity index (χ2v) is 4.12. The third kappa shape index (κ3) is 2.37. The molecule has 1 aliphatic rings. The Hall–Kier alpha value is -1.46. The first kappa shape index (κ1) is 11.0. The predicted octanol–water partition coefficient (Wildman–Crippen LogP) is 0.826. The second-order valence-electron chi connectivity index (χ2n) is 4.12. The minimum absolute atomic E-state index is 0.0975. The number of carbonyl (C=O) groups is 1. The van der Waals surface area contributed by atoms with Gasteiger partial charge in [-0.25, -0.2) is 9.37 Å². The molecule has 0 unspecified atom stereocenters. The largest absolute Gasteiger partial charge is 0.344 e. The number of aromatic nitrogens is 3. The molecule has 1 N–H and O–H groups in total. The fourth-order valence-electron chi connectivity index (χ4n) is 1.92. The molecule has 2 rings (SSSR count). The normalized spacial score (nSPS) is 25.4. The average molecular weight is 226 g/mol. The molecule has 0 aromatic carbocycles. The number of aryl methyl sites for hydroxylation is 1. The Kier molecular flexibility index (Phi) is 3.17. The van der Waals surface area contributed by atoms with Gasteiger partial charge in [-0.15, -0.1) is 5.10 Å². The number of nitrogens with one attached hydrogen (secondary N) is 1. The molecule has 0 radical (unpaired) electrons. The first-order valence-electron chi connectivity index (χ1n) is 5.47. The van der Waals surface area contributed by atoms with Gasteiger partial charge < -0.3 is 5.32 Å². The first-order chi connectivity index (χ1) is 7.66. The molecule has 6 heteroatoms.